The maximum absolute atomic E-state index is 3.22. The molecule has 2 aliphatic rings. The summed E-state index contributed by atoms with van der Waals surface area (Å²) in [6.45, 7) is 38.1. The zero-order chi connectivity index (χ0) is 27.6. The predicted octanol–water partition coefficient (Wildman–Crippen LogP) is 8.04. The maximum Gasteiger partial charge on any atom is 0.420 e. The van der Waals surface area contributed by atoms with Crippen LogP contribution in [0.1, 0.15) is 16.7 Å². The average Bonchev–Trinajstić information content (AvgIpc) is 2.90. The van der Waals surface area contributed by atoms with Gasteiger partial charge in [0.25, 0.3) is 0 Å². The molecule has 0 aliphatic carbocycles. The molecule has 0 radical (unpaired) electrons. The van der Waals surface area contributed by atoms with Gasteiger partial charge in [-0.1, -0.05) is 102 Å². The number of hydrogen-bond acceptors (Lipinski definition) is 4. The van der Waals surface area contributed by atoms with Crippen molar-refractivity contribution in [1.29, 1.82) is 0 Å². The van der Waals surface area contributed by atoms with Crippen molar-refractivity contribution in [2.75, 3.05) is 4.57 Å². The first kappa shape index (κ1) is 29.6. The number of allylic oxidation sites excluding steroid dienone is 3. The van der Waals surface area contributed by atoms with Crippen molar-refractivity contribution in [3.63, 3.8) is 0 Å². The van der Waals surface area contributed by atoms with Crippen LogP contribution in [0.5, 0.6) is 0 Å². The molecule has 1 aromatic rings. The fourth-order valence-electron chi connectivity index (χ4n) is 7.28. The minimum Gasteiger partial charge on any atom is -0.332 e. The normalized spacial score (nSPS) is 18.4. The van der Waals surface area contributed by atoms with E-state index in [0.717, 1.165) is 0 Å². The lowest BCUT2D eigenvalue weighted by Gasteiger charge is -2.66. The van der Waals surface area contributed by atoms with Crippen molar-refractivity contribution >= 4 is 47.3 Å². The highest BCUT2D eigenvalue weighted by Gasteiger charge is 2.69. The van der Waals surface area contributed by atoms with Crippen LogP contribution in [-0.2, 0) is 0 Å². The highest BCUT2D eigenvalue weighted by molar-refractivity contribution is 7.12. The Hall–Kier alpha value is -0.956. The van der Waals surface area contributed by atoms with Crippen LogP contribution < -0.4 is 4.57 Å². The lowest BCUT2D eigenvalue weighted by molar-refractivity contribution is 0.571. The molecule has 0 unspecified atom stereocenters. The van der Waals surface area contributed by atoms with Gasteiger partial charge in [0.15, 0.2) is 0 Å². The minimum atomic E-state index is -2.70. The summed E-state index contributed by atoms with van der Waals surface area (Å²) in [5.74, 6) is 0. The third-order valence-corrected chi connectivity index (χ3v) is 35.3. The van der Waals surface area contributed by atoms with Crippen LogP contribution in [-0.4, -0.2) is 54.0 Å². The second-order valence-corrected chi connectivity index (χ2v) is 39.6. The molecule has 0 amide bonds. The number of aryl methyl sites for hydroxylation is 3. The highest BCUT2D eigenvalue weighted by atomic mass is 28.5. The van der Waals surface area contributed by atoms with E-state index < -0.39 is 41.7 Å². The zero-order valence-corrected chi connectivity index (χ0v) is 30.8. The molecule has 4 nitrogen and oxygen atoms in total. The number of fused-ring (bicyclic) bond motifs is 1. The zero-order valence-electron chi connectivity index (χ0n) is 25.8. The van der Waals surface area contributed by atoms with Gasteiger partial charge in [-0.25, -0.2) is 0 Å². The van der Waals surface area contributed by atoms with E-state index in [9.17, 15) is 0 Å². The molecular formula is C27H52N4Si5. The summed E-state index contributed by atoms with van der Waals surface area (Å²) in [4.78, 5) is 0. The number of hydrogen-bond donors (Lipinski definition) is 0. The van der Waals surface area contributed by atoms with E-state index >= 15 is 0 Å². The Morgan fingerprint density at radius 3 is 1.42 bits per heavy atom. The molecule has 0 saturated heterocycles. The molecule has 9 heteroatoms. The summed E-state index contributed by atoms with van der Waals surface area (Å²) in [6.07, 6.45) is 11.8. The summed E-state index contributed by atoms with van der Waals surface area (Å²) in [5.41, 5.74) is 6.92. The molecule has 0 bridgehead atoms. The fraction of sp³-hybridized carbons (Fsp3) is 0.556. The van der Waals surface area contributed by atoms with Crippen LogP contribution in [0.4, 0.5) is 5.69 Å². The van der Waals surface area contributed by atoms with E-state index in [1.54, 1.807) is 0 Å². The van der Waals surface area contributed by atoms with Crippen molar-refractivity contribution in [2.24, 2.45) is 0 Å². The molecule has 0 aromatic heterocycles. The summed E-state index contributed by atoms with van der Waals surface area (Å²) in [7, 11) is -9.86. The Morgan fingerprint density at radius 1 is 0.611 bits per heavy atom. The van der Waals surface area contributed by atoms with Crippen LogP contribution in [0.25, 0.3) is 0 Å². The third kappa shape index (κ3) is 5.04. The van der Waals surface area contributed by atoms with Crippen molar-refractivity contribution in [3.05, 3.63) is 65.1 Å². The van der Waals surface area contributed by atoms with Crippen LogP contribution >= 0.6 is 0 Å². The Labute approximate surface area is 228 Å². The molecule has 0 spiro atoms. The number of anilines is 1. The SMILES string of the molecule is Cc1cc(C)c(N2C=C3C=CC=CN3[Si]2(N([Si](C)(C)C)[Si](C)(C)C)N([Si](C)(C)C)[Si](C)(C)C)c(C)c1. The largest absolute Gasteiger partial charge is 0.420 e. The Kier molecular flexibility index (Phi) is 7.69. The highest BCUT2D eigenvalue weighted by Crippen LogP contribution is 2.48. The van der Waals surface area contributed by atoms with Gasteiger partial charge >= 0.3 is 8.72 Å². The molecule has 0 N–H and O–H groups in total. The van der Waals surface area contributed by atoms with Crippen LogP contribution in [0.3, 0.4) is 0 Å². The van der Waals surface area contributed by atoms with E-state index in [1.165, 1.54) is 28.1 Å². The van der Waals surface area contributed by atoms with Gasteiger partial charge in [-0.2, -0.15) is 0 Å². The molecule has 2 heterocycles. The van der Waals surface area contributed by atoms with Crippen LogP contribution in [0.2, 0.25) is 78.6 Å². The van der Waals surface area contributed by atoms with E-state index in [4.69, 9.17) is 0 Å². The van der Waals surface area contributed by atoms with E-state index in [-0.39, 0.29) is 0 Å². The van der Waals surface area contributed by atoms with Gasteiger partial charge in [0.05, 0.1) is 5.70 Å². The standard InChI is InChI=1S/C27H52N4Si5/c1-23-20-24(2)27(25(3)21-23)29-22-26-18-16-17-19-28(26)36(29,30(32(4,5)6)33(7,8)9)31(34(10,11)12)35(13,14)15/h16-22H,1-15H3. The first-order valence-corrected chi connectivity index (χ1v) is 29.1. The molecule has 0 saturated carbocycles. The Morgan fingerprint density at radius 2 is 1.03 bits per heavy atom. The molecule has 200 valence electrons. The number of nitrogens with zero attached hydrogens (tertiary/aromatic N) is 4. The lowest BCUT2D eigenvalue weighted by atomic mass is 10.1. The van der Waals surface area contributed by atoms with Crippen molar-refractivity contribution in [3.8, 4) is 0 Å². The van der Waals surface area contributed by atoms with Crippen molar-refractivity contribution in [1.82, 2.24) is 12.4 Å². The molecular weight excluding hydrogens is 521 g/mol. The van der Waals surface area contributed by atoms with Gasteiger partial charge in [0.2, 0.25) is 0 Å². The summed E-state index contributed by atoms with van der Waals surface area (Å²) >= 11 is 0. The van der Waals surface area contributed by atoms with Crippen molar-refractivity contribution < 1.29 is 0 Å². The number of benzene rings is 1. The van der Waals surface area contributed by atoms with Gasteiger partial charge in [0, 0.05) is 11.9 Å². The average molecular weight is 573 g/mol. The predicted molar refractivity (Wildman–Crippen MR) is 174 cm³/mol. The van der Waals surface area contributed by atoms with Gasteiger partial charge in [-0.3, -0.25) is 0 Å². The second-order valence-electron chi connectivity index (χ2n) is 14.7. The van der Waals surface area contributed by atoms with Gasteiger partial charge in [0.1, 0.15) is 32.9 Å². The van der Waals surface area contributed by atoms with E-state index in [0.29, 0.717) is 0 Å². The maximum atomic E-state index is 3.22. The first-order valence-electron chi connectivity index (χ1n) is 13.5. The monoisotopic (exact) mass is 572 g/mol. The lowest BCUT2D eigenvalue weighted by Crippen LogP contribution is -2.92. The molecule has 1 aromatic carbocycles. The summed E-state index contributed by atoms with van der Waals surface area (Å²) < 4.78 is 12.1. The molecule has 3 rings (SSSR count). The minimum absolute atomic E-state index is 1.35. The Balaban J connectivity index is 2.62. The van der Waals surface area contributed by atoms with Crippen LogP contribution in [0, 0.1) is 20.8 Å². The molecule has 36 heavy (non-hydrogen) atoms. The van der Waals surface area contributed by atoms with Crippen molar-refractivity contribution in [2.45, 2.75) is 99.3 Å². The van der Waals surface area contributed by atoms with Gasteiger partial charge in [-0.05, 0) is 50.3 Å². The van der Waals surface area contributed by atoms with Crippen LogP contribution in [0.15, 0.2) is 48.5 Å². The number of rotatable bonds is 7. The topological polar surface area (TPSA) is 13.0 Å². The summed E-state index contributed by atoms with van der Waals surface area (Å²) in [6, 6.07) is 4.79. The van der Waals surface area contributed by atoms with E-state index in [2.05, 4.69) is 159 Å². The molecule has 2 aliphatic heterocycles. The summed E-state index contributed by atoms with van der Waals surface area (Å²) in [5, 5.41) is 0. The van der Waals surface area contributed by atoms with Gasteiger partial charge < -0.3 is 16.9 Å². The quantitative estimate of drug-likeness (QED) is 0.307. The fourth-order valence-corrected chi connectivity index (χ4v) is 45.8. The third-order valence-electron chi connectivity index (χ3n) is 6.96. The second kappa shape index (κ2) is 9.35. The Bertz CT molecular complexity index is 1010. The van der Waals surface area contributed by atoms with E-state index in [1.807, 2.05) is 0 Å². The van der Waals surface area contributed by atoms with Gasteiger partial charge in [-0.15, -0.1) is 0 Å². The smallest absolute Gasteiger partial charge is 0.332 e. The molecule has 0 fully saturated rings. The molecule has 0 atom stereocenters. The first-order chi connectivity index (χ1) is 16.1.